The summed E-state index contributed by atoms with van der Waals surface area (Å²) in [6.45, 7) is 3.65. The van der Waals surface area contributed by atoms with Crippen molar-refractivity contribution in [2.24, 2.45) is 0 Å². The van der Waals surface area contributed by atoms with E-state index in [2.05, 4.69) is 10.2 Å². The molecule has 1 aromatic heterocycles. The Bertz CT molecular complexity index is 1010. The summed E-state index contributed by atoms with van der Waals surface area (Å²) in [7, 11) is 0. The monoisotopic (exact) mass is 378 g/mol. The molecule has 0 unspecified atom stereocenters. The van der Waals surface area contributed by atoms with Crippen LogP contribution in [0.1, 0.15) is 22.0 Å². The van der Waals surface area contributed by atoms with Crippen molar-refractivity contribution in [2.75, 3.05) is 32.8 Å². The summed E-state index contributed by atoms with van der Waals surface area (Å²) in [5, 5.41) is 3.74. The highest BCUT2D eigenvalue weighted by atomic mass is 16.5. The second-order valence-electron chi connectivity index (χ2n) is 6.84. The maximum atomic E-state index is 12.9. The van der Waals surface area contributed by atoms with E-state index in [1.807, 2.05) is 42.5 Å². The Labute approximate surface area is 162 Å². The summed E-state index contributed by atoms with van der Waals surface area (Å²) in [6.07, 6.45) is 0. The summed E-state index contributed by atoms with van der Waals surface area (Å²) in [4.78, 5) is 27.5. The molecule has 3 aromatic rings. The molecule has 1 N–H and O–H groups in total. The number of benzene rings is 2. The van der Waals surface area contributed by atoms with Gasteiger partial charge in [0.1, 0.15) is 11.1 Å². The zero-order valence-electron chi connectivity index (χ0n) is 15.5. The van der Waals surface area contributed by atoms with Crippen LogP contribution in [-0.2, 0) is 4.74 Å². The number of carbonyl (C=O) groups excluding carboxylic acids is 1. The standard InChI is InChI=1S/C22H22N2O4/c25-21(18-14-17-8-4-5-9-20(17)28-22(18)26)23-19(16-6-2-1-3-7-16)15-24-10-12-27-13-11-24/h1-9,14,19H,10-13,15H2,(H,23,25)/t19-/m0/s1. The smallest absolute Gasteiger partial charge is 0.349 e. The van der Waals surface area contributed by atoms with Crippen LogP contribution >= 0.6 is 0 Å². The predicted octanol–water partition coefficient (Wildman–Crippen LogP) is 2.60. The van der Waals surface area contributed by atoms with Crippen molar-refractivity contribution in [3.63, 3.8) is 0 Å². The van der Waals surface area contributed by atoms with E-state index >= 15 is 0 Å². The van der Waals surface area contributed by atoms with Crippen LogP contribution in [0.5, 0.6) is 0 Å². The minimum atomic E-state index is -0.630. The molecule has 1 saturated heterocycles. The summed E-state index contributed by atoms with van der Waals surface area (Å²) < 4.78 is 10.7. The number of ether oxygens (including phenoxy) is 1. The summed E-state index contributed by atoms with van der Waals surface area (Å²) in [5.74, 6) is -0.429. The van der Waals surface area contributed by atoms with Gasteiger partial charge in [-0.2, -0.15) is 0 Å². The third-order valence-corrected chi connectivity index (χ3v) is 4.94. The first kappa shape index (κ1) is 18.4. The molecule has 2 heterocycles. The summed E-state index contributed by atoms with van der Waals surface area (Å²) >= 11 is 0. The molecule has 28 heavy (non-hydrogen) atoms. The number of nitrogens with zero attached hydrogens (tertiary/aromatic N) is 1. The fourth-order valence-electron chi connectivity index (χ4n) is 3.42. The maximum Gasteiger partial charge on any atom is 0.349 e. The van der Waals surface area contributed by atoms with Gasteiger partial charge in [-0.15, -0.1) is 0 Å². The first-order valence-corrected chi connectivity index (χ1v) is 9.39. The molecule has 144 valence electrons. The second kappa shape index (κ2) is 8.37. The number of rotatable bonds is 5. The van der Waals surface area contributed by atoms with Gasteiger partial charge in [0.05, 0.1) is 19.3 Å². The zero-order valence-corrected chi connectivity index (χ0v) is 15.5. The fourth-order valence-corrected chi connectivity index (χ4v) is 3.42. The van der Waals surface area contributed by atoms with E-state index in [-0.39, 0.29) is 11.6 Å². The van der Waals surface area contributed by atoms with Crippen molar-refractivity contribution in [3.8, 4) is 0 Å². The predicted molar refractivity (Wildman–Crippen MR) is 106 cm³/mol. The van der Waals surface area contributed by atoms with Gasteiger partial charge in [-0.25, -0.2) is 4.79 Å². The highest BCUT2D eigenvalue weighted by Crippen LogP contribution is 2.17. The molecule has 1 amide bonds. The topological polar surface area (TPSA) is 71.8 Å². The van der Waals surface area contributed by atoms with Crippen LogP contribution in [0.25, 0.3) is 11.0 Å². The molecule has 1 fully saturated rings. The number of carbonyl (C=O) groups is 1. The lowest BCUT2D eigenvalue weighted by Crippen LogP contribution is -2.43. The molecular weight excluding hydrogens is 356 g/mol. The fraction of sp³-hybridized carbons (Fsp3) is 0.273. The molecule has 1 aliphatic rings. The number of hydrogen-bond donors (Lipinski definition) is 1. The van der Waals surface area contributed by atoms with Crippen molar-refractivity contribution in [2.45, 2.75) is 6.04 Å². The van der Waals surface area contributed by atoms with Gasteiger partial charge in [-0.3, -0.25) is 9.69 Å². The van der Waals surface area contributed by atoms with Gasteiger partial charge >= 0.3 is 5.63 Å². The lowest BCUT2D eigenvalue weighted by molar-refractivity contribution is 0.0332. The van der Waals surface area contributed by atoms with Crippen LogP contribution in [0.4, 0.5) is 0 Å². The Morgan fingerprint density at radius 2 is 1.75 bits per heavy atom. The van der Waals surface area contributed by atoms with Crippen LogP contribution in [0.15, 0.2) is 69.9 Å². The molecule has 4 rings (SSSR count). The largest absolute Gasteiger partial charge is 0.422 e. The van der Waals surface area contributed by atoms with Crippen LogP contribution < -0.4 is 10.9 Å². The van der Waals surface area contributed by atoms with Crippen molar-refractivity contribution in [3.05, 3.63) is 82.2 Å². The van der Waals surface area contributed by atoms with Gasteiger partial charge in [-0.1, -0.05) is 48.5 Å². The molecular formula is C22H22N2O4. The highest BCUT2D eigenvalue weighted by molar-refractivity contribution is 5.96. The molecule has 0 saturated carbocycles. The first-order valence-electron chi connectivity index (χ1n) is 9.39. The molecule has 2 aromatic carbocycles. The SMILES string of the molecule is O=C(N[C@@H](CN1CCOCC1)c1ccccc1)c1cc2ccccc2oc1=O. The number of morpholine rings is 1. The minimum absolute atomic E-state index is 0.0154. The third-order valence-electron chi connectivity index (χ3n) is 4.94. The molecule has 0 bridgehead atoms. The molecule has 0 radical (unpaired) electrons. The van der Waals surface area contributed by atoms with E-state index in [0.29, 0.717) is 25.3 Å². The minimum Gasteiger partial charge on any atom is -0.422 e. The van der Waals surface area contributed by atoms with Crippen LogP contribution in [0, 0.1) is 0 Å². The third kappa shape index (κ3) is 4.13. The first-order chi connectivity index (χ1) is 13.7. The number of hydrogen-bond acceptors (Lipinski definition) is 5. The molecule has 0 aliphatic carbocycles. The lowest BCUT2D eigenvalue weighted by Gasteiger charge is -2.31. The second-order valence-corrected chi connectivity index (χ2v) is 6.84. The van der Waals surface area contributed by atoms with E-state index < -0.39 is 11.5 Å². The Balaban J connectivity index is 1.59. The van der Waals surface area contributed by atoms with E-state index in [1.165, 1.54) is 0 Å². The van der Waals surface area contributed by atoms with Gasteiger partial charge in [0, 0.05) is 25.0 Å². The van der Waals surface area contributed by atoms with Crippen LogP contribution in [-0.4, -0.2) is 43.7 Å². The van der Waals surface area contributed by atoms with Crippen LogP contribution in [0.3, 0.4) is 0 Å². The van der Waals surface area contributed by atoms with Crippen molar-refractivity contribution < 1.29 is 13.9 Å². The zero-order chi connectivity index (χ0) is 19.3. The molecule has 6 heteroatoms. The van der Waals surface area contributed by atoms with Gasteiger partial charge in [-0.05, 0) is 17.7 Å². The van der Waals surface area contributed by atoms with Crippen molar-refractivity contribution >= 4 is 16.9 Å². The van der Waals surface area contributed by atoms with E-state index in [1.54, 1.807) is 18.2 Å². The number of fused-ring (bicyclic) bond motifs is 1. The van der Waals surface area contributed by atoms with Gasteiger partial charge < -0.3 is 14.5 Å². The Kier molecular flexibility index (Phi) is 5.50. The van der Waals surface area contributed by atoms with Crippen LogP contribution in [0.2, 0.25) is 0 Å². The molecule has 0 spiro atoms. The average Bonchev–Trinajstić information content (AvgIpc) is 2.74. The number of nitrogens with one attached hydrogen (secondary N) is 1. The quantitative estimate of drug-likeness (QED) is 0.691. The molecule has 1 aliphatic heterocycles. The Morgan fingerprint density at radius 3 is 2.54 bits per heavy atom. The Morgan fingerprint density at radius 1 is 1.04 bits per heavy atom. The van der Waals surface area contributed by atoms with E-state index in [4.69, 9.17) is 9.15 Å². The average molecular weight is 378 g/mol. The summed E-state index contributed by atoms with van der Waals surface area (Å²) in [5.41, 5.74) is 0.848. The van der Waals surface area contributed by atoms with Gasteiger partial charge in [0.15, 0.2) is 0 Å². The van der Waals surface area contributed by atoms with Gasteiger partial charge in [0.25, 0.3) is 5.91 Å². The van der Waals surface area contributed by atoms with E-state index in [0.717, 1.165) is 24.0 Å². The lowest BCUT2D eigenvalue weighted by atomic mass is 10.1. The van der Waals surface area contributed by atoms with Gasteiger partial charge in [0.2, 0.25) is 0 Å². The maximum absolute atomic E-state index is 12.9. The van der Waals surface area contributed by atoms with Crippen molar-refractivity contribution in [1.29, 1.82) is 0 Å². The number of para-hydroxylation sites is 1. The molecule has 6 nitrogen and oxygen atoms in total. The number of amides is 1. The van der Waals surface area contributed by atoms with E-state index in [9.17, 15) is 9.59 Å². The van der Waals surface area contributed by atoms with Crippen molar-refractivity contribution in [1.82, 2.24) is 10.2 Å². The Hall–Kier alpha value is -2.96. The highest BCUT2D eigenvalue weighted by Gasteiger charge is 2.22. The normalized spacial score (nSPS) is 16.0. The summed E-state index contributed by atoms with van der Waals surface area (Å²) in [6, 6.07) is 18.3. The molecule has 1 atom stereocenters.